The number of hydrogen-bond acceptors (Lipinski definition) is 3. The molecule has 0 aliphatic carbocycles. The van der Waals surface area contributed by atoms with Crippen LogP contribution in [0.15, 0.2) is 24.3 Å². The van der Waals surface area contributed by atoms with Gasteiger partial charge in [0, 0.05) is 18.3 Å². The number of carbonyl (C=O) groups is 1. The molecule has 2 rings (SSSR count). The Balaban J connectivity index is 1.75. The summed E-state index contributed by atoms with van der Waals surface area (Å²) in [4.78, 5) is 14.1. The van der Waals surface area contributed by atoms with Crippen LogP contribution in [0.4, 0.5) is 5.69 Å². The van der Waals surface area contributed by atoms with Gasteiger partial charge in [0.05, 0.1) is 13.0 Å². The fraction of sp³-hybridized carbons (Fsp3) is 0.533. The molecule has 1 aliphatic heterocycles. The van der Waals surface area contributed by atoms with E-state index in [1.54, 1.807) is 12.1 Å². The Bertz CT molecular complexity index is 417. The zero-order valence-corrected chi connectivity index (χ0v) is 11.5. The van der Waals surface area contributed by atoms with Gasteiger partial charge in [-0.15, -0.1) is 0 Å². The van der Waals surface area contributed by atoms with Crippen molar-refractivity contribution in [3.8, 4) is 5.75 Å². The van der Waals surface area contributed by atoms with E-state index in [0.29, 0.717) is 24.8 Å². The van der Waals surface area contributed by atoms with E-state index in [1.165, 1.54) is 6.42 Å². The number of likely N-dealkylation sites (tertiary alicyclic amines) is 1. The number of ether oxygens (including phenoxy) is 1. The van der Waals surface area contributed by atoms with E-state index in [1.807, 2.05) is 17.0 Å². The minimum Gasteiger partial charge on any atom is -0.493 e. The van der Waals surface area contributed by atoms with Crippen LogP contribution in [-0.4, -0.2) is 30.0 Å². The van der Waals surface area contributed by atoms with Crippen molar-refractivity contribution in [1.29, 1.82) is 0 Å². The molecular formula is C15H22N2O2. The number of anilines is 1. The second-order valence-corrected chi connectivity index (χ2v) is 5.10. The standard InChI is InChI=1S/C15H22N2O2/c1-12-4-2-3-10-17(12)15(18)9-11-19-14-7-5-13(16)6-8-14/h5-8,12H,2-4,9-11,16H2,1H3. The van der Waals surface area contributed by atoms with Crippen molar-refractivity contribution in [1.82, 2.24) is 4.90 Å². The van der Waals surface area contributed by atoms with Crippen LogP contribution in [0.1, 0.15) is 32.6 Å². The molecule has 1 aromatic rings. The molecule has 0 spiro atoms. The van der Waals surface area contributed by atoms with Gasteiger partial charge in [-0.05, 0) is 50.5 Å². The first-order chi connectivity index (χ1) is 9.16. The lowest BCUT2D eigenvalue weighted by Gasteiger charge is -2.33. The number of nitrogen functional groups attached to an aromatic ring is 1. The highest BCUT2D eigenvalue weighted by Crippen LogP contribution is 2.18. The number of benzene rings is 1. The van der Waals surface area contributed by atoms with E-state index < -0.39 is 0 Å². The summed E-state index contributed by atoms with van der Waals surface area (Å²) in [6.45, 7) is 3.44. The average Bonchev–Trinajstić information content (AvgIpc) is 2.41. The highest BCUT2D eigenvalue weighted by Gasteiger charge is 2.22. The highest BCUT2D eigenvalue weighted by molar-refractivity contribution is 5.76. The van der Waals surface area contributed by atoms with Gasteiger partial charge in [-0.25, -0.2) is 0 Å². The molecule has 1 amide bonds. The van der Waals surface area contributed by atoms with Crippen molar-refractivity contribution < 1.29 is 9.53 Å². The van der Waals surface area contributed by atoms with Crippen LogP contribution in [-0.2, 0) is 4.79 Å². The first-order valence-corrected chi connectivity index (χ1v) is 6.94. The van der Waals surface area contributed by atoms with Crippen LogP contribution in [0.5, 0.6) is 5.75 Å². The van der Waals surface area contributed by atoms with Crippen molar-refractivity contribution in [2.24, 2.45) is 0 Å². The van der Waals surface area contributed by atoms with E-state index in [-0.39, 0.29) is 5.91 Å². The third kappa shape index (κ3) is 3.88. The lowest BCUT2D eigenvalue weighted by atomic mass is 10.0. The van der Waals surface area contributed by atoms with Crippen LogP contribution in [0.25, 0.3) is 0 Å². The van der Waals surface area contributed by atoms with Crippen molar-refractivity contribution in [2.45, 2.75) is 38.6 Å². The lowest BCUT2D eigenvalue weighted by Crippen LogP contribution is -2.42. The van der Waals surface area contributed by atoms with E-state index in [0.717, 1.165) is 25.1 Å². The van der Waals surface area contributed by atoms with Gasteiger partial charge in [0.1, 0.15) is 5.75 Å². The molecule has 1 fully saturated rings. The summed E-state index contributed by atoms with van der Waals surface area (Å²) in [5.74, 6) is 0.955. The number of piperidine rings is 1. The fourth-order valence-electron chi connectivity index (χ4n) is 2.43. The summed E-state index contributed by atoms with van der Waals surface area (Å²) in [7, 11) is 0. The second kappa shape index (κ2) is 6.45. The molecule has 1 aliphatic rings. The summed E-state index contributed by atoms with van der Waals surface area (Å²) in [5, 5.41) is 0. The van der Waals surface area contributed by atoms with E-state index in [2.05, 4.69) is 6.92 Å². The Kier molecular flexibility index (Phi) is 4.66. The van der Waals surface area contributed by atoms with Gasteiger partial charge in [0.2, 0.25) is 5.91 Å². The minimum absolute atomic E-state index is 0.197. The number of hydrogen-bond donors (Lipinski definition) is 1. The molecule has 0 aromatic heterocycles. The Hall–Kier alpha value is -1.71. The largest absolute Gasteiger partial charge is 0.493 e. The van der Waals surface area contributed by atoms with Crippen LogP contribution < -0.4 is 10.5 Å². The summed E-state index contributed by atoms with van der Waals surface area (Å²) < 4.78 is 5.55. The molecule has 4 heteroatoms. The van der Waals surface area contributed by atoms with E-state index >= 15 is 0 Å². The quantitative estimate of drug-likeness (QED) is 0.848. The topological polar surface area (TPSA) is 55.6 Å². The average molecular weight is 262 g/mol. The molecule has 1 heterocycles. The first-order valence-electron chi connectivity index (χ1n) is 6.94. The van der Waals surface area contributed by atoms with E-state index in [4.69, 9.17) is 10.5 Å². The Morgan fingerprint density at radius 3 is 2.79 bits per heavy atom. The SMILES string of the molecule is CC1CCCCN1C(=O)CCOc1ccc(N)cc1. The number of rotatable bonds is 4. The van der Waals surface area contributed by atoms with Gasteiger partial charge in [-0.2, -0.15) is 0 Å². The van der Waals surface area contributed by atoms with Gasteiger partial charge in [-0.1, -0.05) is 0 Å². The molecule has 4 nitrogen and oxygen atoms in total. The summed E-state index contributed by atoms with van der Waals surface area (Å²) >= 11 is 0. The Morgan fingerprint density at radius 1 is 1.37 bits per heavy atom. The Labute approximate surface area is 114 Å². The highest BCUT2D eigenvalue weighted by atomic mass is 16.5. The number of amides is 1. The third-order valence-corrected chi connectivity index (χ3v) is 3.59. The van der Waals surface area contributed by atoms with Crippen molar-refractivity contribution in [2.75, 3.05) is 18.9 Å². The molecule has 2 N–H and O–H groups in total. The molecule has 1 unspecified atom stereocenters. The third-order valence-electron chi connectivity index (χ3n) is 3.59. The molecule has 0 saturated carbocycles. The van der Waals surface area contributed by atoms with Crippen molar-refractivity contribution in [3.05, 3.63) is 24.3 Å². The van der Waals surface area contributed by atoms with Gasteiger partial charge < -0.3 is 15.4 Å². The van der Waals surface area contributed by atoms with Crippen LogP contribution in [0.2, 0.25) is 0 Å². The number of nitrogens with two attached hydrogens (primary N) is 1. The molecule has 1 atom stereocenters. The first kappa shape index (κ1) is 13.7. The number of carbonyl (C=O) groups excluding carboxylic acids is 1. The van der Waals surface area contributed by atoms with Crippen LogP contribution in [0, 0.1) is 0 Å². The zero-order valence-electron chi connectivity index (χ0n) is 11.5. The van der Waals surface area contributed by atoms with Crippen LogP contribution >= 0.6 is 0 Å². The summed E-state index contributed by atoms with van der Waals surface area (Å²) in [5.41, 5.74) is 6.31. The van der Waals surface area contributed by atoms with Gasteiger partial charge >= 0.3 is 0 Å². The Morgan fingerprint density at radius 2 is 2.11 bits per heavy atom. The molecule has 0 bridgehead atoms. The second-order valence-electron chi connectivity index (χ2n) is 5.10. The lowest BCUT2D eigenvalue weighted by molar-refractivity contribution is -0.134. The van der Waals surface area contributed by atoms with Gasteiger partial charge in [0.25, 0.3) is 0 Å². The summed E-state index contributed by atoms with van der Waals surface area (Å²) in [6, 6.07) is 7.61. The molecule has 1 aromatic carbocycles. The van der Waals surface area contributed by atoms with Gasteiger partial charge in [0.15, 0.2) is 0 Å². The molecule has 0 radical (unpaired) electrons. The molecule has 104 valence electrons. The van der Waals surface area contributed by atoms with Crippen LogP contribution in [0.3, 0.4) is 0 Å². The monoisotopic (exact) mass is 262 g/mol. The number of nitrogens with zero attached hydrogens (tertiary/aromatic N) is 1. The maximum Gasteiger partial charge on any atom is 0.226 e. The van der Waals surface area contributed by atoms with Crippen molar-refractivity contribution in [3.63, 3.8) is 0 Å². The predicted molar refractivity (Wildman–Crippen MR) is 76.0 cm³/mol. The zero-order chi connectivity index (χ0) is 13.7. The fourth-order valence-corrected chi connectivity index (χ4v) is 2.43. The smallest absolute Gasteiger partial charge is 0.226 e. The van der Waals surface area contributed by atoms with Crippen molar-refractivity contribution >= 4 is 11.6 Å². The molecular weight excluding hydrogens is 240 g/mol. The molecule has 1 saturated heterocycles. The van der Waals surface area contributed by atoms with E-state index in [9.17, 15) is 4.79 Å². The maximum atomic E-state index is 12.1. The predicted octanol–water partition coefficient (Wildman–Crippen LogP) is 2.44. The minimum atomic E-state index is 0.197. The summed E-state index contributed by atoms with van der Waals surface area (Å²) in [6.07, 6.45) is 3.90. The van der Waals surface area contributed by atoms with Gasteiger partial charge in [-0.3, -0.25) is 4.79 Å². The normalized spacial score (nSPS) is 19.2. The maximum absolute atomic E-state index is 12.1. The molecule has 19 heavy (non-hydrogen) atoms.